The van der Waals surface area contributed by atoms with Gasteiger partial charge in [-0.3, -0.25) is 19.7 Å². The zero-order valence-electron chi connectivity index (χ0n) is 21.3. The van der Waals surface area contributed by atoms with Crippen molar-refractivity contribution in [3.05, 3.63) is 117 Å². The molecule has 4 atom stereocenters. The summed E-state index contributed by atoms with van der Waals surface area (Å²) >= 11 is 0. The highest BCUT2D eigenvalue weighted by Crippen LogP contribution is 2.59. The molecule has 0 unspecified atom stereocenters. The van der Waals surface area contributed by atoms with Crippen LogP contribution in [0, 0.1) is 47.6 Å². The minimum Gasteiger partial charge on any atom is -0.494 e. The van der Waals surface area contributed by atoms with Crippen LogP contribution in [0.1, 0.15) is 22.3 Å². The maximum atomic E-state index is 13.9. The molecule has 2 fully saturated rings. The maximum absolute atomic E-state index is 13.9. The SMILES string of the molecule is COc1cc([N+](=O)[O-])ccc1N1C(=O)[C@H]2[C@H](C1=O)[C@H]1C=C[C@H]2C1=C(c1ccc(C)cc1)c1ccc(C)cc1. The number of nitro groups is 1. The quantitative estimate of drug-likeness (QED) is 0.193. The molecule has 3 aromatic rings. The Morgan fingerprint density at radius 1 is 0.816 bits per heavy atom. The summed E-state index contributed by atoms with van der Waals surface area (Å²) < 4.78 is 5.36. The van der Waals surface area contributed by atoms with Crippen LogP contribution in [0.25, 0.3) is 5.57 Å². The number of amides is 2. The van der Waals surface area contributed by atoms with E-state index < -0.39 is 16.8 Å². The van der Waals surface area contributed by atoms with Crippen LogP contribution in [0.4, 0.5) is 11.4 Å². The van der Waals surface area contributed by atoms with E-state index in [1.165, 1.54) is 30.2 Å². The van der Waals surface area contributed by atoms with E-state index >= 15 is 0 Å². The molecule has 2 bridgehead atoms. The van der Waals surface area contributed by atoms with E-state index in [-0.39, 0.29) is 40.8 Å². The number of benzene rings is 3. The highest BCUT2D eigenvalue weighted by molar-refractivity contribution is 6.24. The van der Waals surface area contributed by atoms with E-state index in [9.17, 15) is 19.7 Å². The van der Waals surface area contributed by atoms with E-state index in [4.69, 9.17) is 4.74 Å². The molecule has 7 heteroatoms. The predicted molar refractivity (Wildman–Crippen MR) is 144 cm³/mol. The fraction of sp³-hybridized carbons (Fsp3) is 0.226. The molecule has 1 heterocycles. The number of carbonyl (C=O) groups excluding carboxylic acids is 2. The van der Waals surface area contributed by atoms with Gasteiger partial charge in [-0.25, -0.2) is 4.90 Å². The minimum atomic E-state index is -0.534. The molecule has 1 saturated carbocycles. The summed E-state index contributed by atoms with van der Waals surface area (Å²) in [5.74, 6) is -1.96. The van der Waals surface area contributed by atoms with Gasteiger partial charge in [0.15, 0.2) is 0 Å². The zero-order valence-corrected chi connectivity index (χ0v) is 21.3. The van der Waals surface area contributed by atoms with E-state index in [0.29, 0.717) is 0 Å². The third-order valence-corrected chi connectivity index (χ3v) is 8.00. The third kappa shape index (κ3) is 3.49. The first-order valence-corrected chi connectivity index (χ1v) is 12.6. The molecule has 0 aromatic heterocycles. The van der Waals surface area contributed by atoms with E-state index in [1.807, 2.05) is 13.8 Å². The first-order chi connectivity index (χ1) is 18.3. The largest absolute Gasteiger partial charge is 0.494 e. The molecule has 38 heavy (non-hydrogen) atoms. The van der Waals surface area contributed by atoms with Gasteiger partial charge < -0.3 is 4.74 Å². The molecule has 6 rings (SSSR count). The highest BCUT2D eigenvalue weighted by atomic mass is 16.6. The summed E-state index contributed by atoms with van der Waals surface area (Å²) in [6.45, 7) is 4.10. The molecule has 3 aliphatic rings. The standard InChI is InChI=1S/C31H26N2O5/c1-17-4-8-19(9-5-17)26(20-10-6-18(2)7-11-20)27-22-13-14-23(27)29-28(22)30(34)32(31(29)35)24-15-12-21(33(36)37)16-25(24)38-3/h4-16,22-23,28-29H,1-3H3/t22-,23-,28+,29+/m0/s1. The summed E-state index contributed by atoms with van der Waals surface area (Å²) in [5.41, 5.74) is 6.67. The number of anilines is 1. The second kappa shape index (κ2) is 8.80. The molecule has 2 amide bonds. The lowest BCUT2D eigenvalue weighted by Gasteiger charge is -2.22. The van der Waals surface area contributed by atoms with Gasteiger partial charge in [0.1, 0.15) is 5.75 Å². The molecule has 1 aliphatic heterocycles. The summed E-state index contributed by atoms with van der Waals surface area (Å²) in [4.78, 5) is 39.6. The molecule has 2 aliphatic carbocycles. The number of nitrogens with zero attached hydrogens (tertiary/aromatic N) is 2. The van der Waals surface area contributed by atoms with Gasteiger partial charge in [-0.05, 0) is 42.2 Å². The average molecular weight is 507 g/mol. The fourth-order valence-corrected chi connectivity index (χ4v) is 6.24. The molecule has 190 valence electrons. The number of imide groups is 1. The zero-order chi connectivity index (χ0) is 26.7. The second-order valence-electron chi connectivity index (χ2n) is 10.2. The minimum absolute atomic E-state index is 0.122. The Morgan fingerprint density at radius 3 is 1.76 bits per heavy atom. The van der Waals surface area contributed by atoms with E-state index in [2.05, 4.69) is 60.7 Å². The lowest BCUT2D eigenvalue weighted by Crippen LogP contribution is -2.33. The summed E-state index contributed by atoms with van der Waals surface area (Å²) in [6.07, 6.45) is 4.12. The van der Waals surface area contributed by atoms with E-state index in [1.54, 1.807) is 0 Å². The number of allylic oxidation sites excluding steroid dienone is 3. The van der Waals surface area contributed by atoms with Crippen molar-refractivity contribution in [1.82, 2.24) is 0 Å². The number of ether oxygens (including phenoxy) is 1. The molecule has 0 N–H and O–H groups in total. The average Bonchev–Trinajstić information content (AvgIpc) is 3.55. The Balaban J connectivity index is 1.46. The molecular weight excluding hydrogens is 480 g/mol. The first kappa shape index (κ1) is 23.9. The molecule has 0 spiro atoms. The third-order valence-electron chi connectivity index (χ3n) is 8.00. The van der Waals surface area contributed by atoms with Crippen LogP contribution in [-0.4, -0.2) is 23.8 Å². The summed E-state index contributed by atoms with van der Waals surface area (Å²) in [5, 5.41) is 11.2. The number of methoxy groups -OCH3 is 1. The highest BCUT2D eigenvalue weighted by Gasteiger charge is 2.62. The van der Waals surface area contributed by atoms with E-state index in [0.717, 1.165) is 33.4 Å². The van der Waals surface area contributed by atoms with Crippen molar-refractivity contribution < 1.29 is 19.2 Å². The van der Waals surface area contributed by atoms with Crippen LogP contribution in [0.5, 0.6) is 5.75 Å². The Morgan fingerprint density at radius 2 is 1.32 bits per heavy atom. The lowest BCUT2D eigenvalue weighted by molar-refractivity contribution is -0.384. The Hall–Kier alpha value is -4.52. The summed E-state index contributed by atoms with van der Waals surface area (Å²) in [6, 6.07) is 20.7. The first-order valence-electron chi connectivity index (χ1n) is 12.6. The van der Waals surface area contributed by atoms with Crippen LogP contribution in [0.3, 0.4) is 0 Å². The van der Waals surface area contributed by atoms with Crippen molar-refractivity contribution in [2.45, 2.75) is 13.8 Å². The number of nitro benzene ring substituents is 1. The number of hydrogen-bond acceptors (Lipinski definition) is 5. The van der Waals surface area contributed by atoms with Gasteiger partial charge in [0.2, 0.25) is 11.8 Å². The number of non-ortho nitro benzene ring substituents is 1. The van der Waals surface area contributed by atoms with Crippen molar-refractivity contribution >= 4 is 28.8 Å². The van der Waals surface area contributed by atoms with Crippen molar-refractivity contribution in [2.75, 3.05) is 12.0 Å². The van der Waals surface area contributed by atoms with Gasteiger partial charge in [0.25, 0.3) is 5.69 Å². The molecular formula is C31H26N2O5. The van der Waals surface area contributed by atoms with Crippen LogP contribution in [0.2, 0.25) is 0 Å². The van der Waals surface area contributed by atoms with Crippen LogP contribution in [0.15, 0.2) is 84.5 Å². The molecule has 7 nitrogen and oxygen atoms in total. The Kier molecular flexibility index (Phi) is 5.52. The number of carbonyl (C=O) groups is 2. The van der Waals surface area contributed by atoms with Crippen LogP contribution in [-0.2, 0) is 9.59 Å². The number of rotatable bonds is 5. The van der Waals surface area contributed by atoms with Crippen molar-refractivity contribution in [3.63, 3.8) is 0 Å². The van der Waals surface area contributed by atoms with Gasteiger partial charge >= 0.3 is 0 Å². The van der Waals surface area contributed by atoms with Gasteiger partial charge in [-0.1, -0.05) is 71.8 Å². The van der Waals surface area contributed by atoms with Gasteiger partial charge in [-0.2, -0.15) is 0 Å². The van der Waals surface area contributed by atoms with Crippen molar-refractivity contribution in [2.24, 2.45) is 23.7 Å². The number of hydrogen-bond donors (Lipinski definition) is 0. The molecule has 0 radical (unpaired) electrons. The molecule has 3 aromatic carbocycles. The molecule has 1 saturated heterocycles. The maximum Gasteiger partial charge on any atom is 0.273 e. The fourth-order valence-electron chi connectivity index (χ4n) is 6.24. The normalized spacial score (nSPS) is 23.2. The topological polar surface area (TPSA) is 89.8 Å². The van der Waals surface area contributed by atoms with Crippen LogP contribution < -0.4 is 9.64 Å². The van der Waals surface area contributed by atoms with Gasteiger partial charge in [0.05, 0.1) is 35.6 Å². The number of fused-ring (bicyclic) bond motifs is 5. The monoisotopic (exact) mass is 506 g/mol. The van der Waals surface area contributed by atoms with Gasteiger partial charge in [0, 0.05) is 17.9 Å². The lowest BCUT2D eigenvalue weighted by atomic mass is 9.85. The Bertz CT molecular complexity index is 1470. The summed E-state index contributed by atoms with van der Waals surface area (Å²) in [7, 11) is 1.37. The van der Waals surface area contributed by atoms with Crippen molar-refractivity contribution in [1.29, 1.82) is 0 Å². The van der Waals surface area contributed by atoms with Gasteiger partial charge in [-0.15, -0.1) is 0 Å². The predicted octanol–water partition coefficient (Wildman–Crippen LogP) is 5.64. The number of aryl methyl sites for hydroxylation is 2. The Labute approximate surface area is 220 Å². The van der Waals surface area contributed by atoms with Crippen LogP contribution >= 0.6 is 0 Å². The second-order valence-corrected chi connectivity index (χ2v) is 10.2. The van der Waals surface area contributed by atoms with Crippen molar-refractivity contribution in [3.8, 4) is 5.75 Å². The smallest absolute Gasteiger partial charge is 0.273 e.